The number of aliphatic hydroxyl groups is 1. The van der Waals surface area contributed by atoms with E-state index in [2.05, 4.69) is 15.2 Å². The highest BCUT2D eigenvalue weighted by molar-refractivity contribution is 7.98. The molecule has 10 nitrogen and oxygen atoms in total. The van der Waals surface area contributed by atoms with E-state index in [4.69, 9.17) is 17.4 Å². The van der Waals surface area contributed by atoms with Crippen LogP contribution < -0.4 is 5.84 Å². The Hall–Kier alpha value is -2.64. The van der Waals surface area contributed by atoms with E-state index in [-0.39, 0.29) is 11.5 Å². The van der Waals surface area contributed by atoms with Crippen molar-refractivity contribution in [2.75, 3.05) is 25.5 Å². The van der Waals surface area contributed by atoms with Gasteiger partial charge in [-0.2, -0.15) is 4.31 Å². The molecule has 0 spiro atoms. The van der Waals surface area contributed by atoms with E-state index in [0.717, 1.165) is 16.9 Å². The molecule has 3 N–H and O–H groups in total. The lowest BCUT2D eigenvalue weighted by molar-refractivity contribution is 0.276. The first-order chi connectivity index (χ1) is 16.8. The van der Waals surface area contributed by atoms with Gasteiger partial charge in [-0.25, -0.2) is 18.1 Å². The number of aromatic nitrogens is 5. The number of rotatable bonds is 10. The second kappa shape index (κ2) is 10.5. The van der Waals surface area contributed by atoms with Gasteiger partial charge in [0.15, 0.2) is 5.82 Å². The zero-order valence-corrected chi connectivity index (χ0v) is 21.7. The van der Waals surface area contributed by atoms with Gasteiger partial charge in [0.1, 0.15) is 5.82 Å². The third-order valence-electron chi connectivity index (χ3n) is 5.54. The third-order valence-corrected chi connectivity index (χ3v) is 8.76. The Morgan fingerprint density at radius 1 is 1.14 bits per heavy atom. The first-order valence-corrected chi connectivity index (χ1v) is 13.8. The highest BCUT2D eigenvalue weighted by Gasteiger charge is 2.23. The summed E-state index contributed by atoms with van der Waals surface area (Å²) < 4.78 is 30.5. The second-order valence-corrected chi connectivity index (χ2v) is 10.9. The van der Waals surface area contributed by atoms with Crippen LogP contribution in [-0.4, -0.2) is 62.0 Å². The van der Waals surface area contributed by atoms with Crippen LogP contribution in [0.1, 0.15) is 19.7 Å². The maximum absolute atomic E-state index is 12.9. The van der Waals surface area contributed by atoms with E-state index in [0.29, 0.717) is 47.0 Å². The normalized spacial score (nSPS) is 12.1. The van der Waals surface area contributed by atoms with Gasteiger partial charge in [-0.3, -0.25) is 0 Å². The number of halogens is 1. The highest BCUT2D eigenvalue weighted by atomic mass is 35.5. The predicted octanol–water partition coefficient (Wildman–Crippen LogP) is 2.98. The van der Waals surface area contributed by atoms with Crippen molar-refractivity contribution < 1.29 is 13.5 Å². The summed E-state index contributed by atoms with van der Waals surface area (Å²) in [5.74, 6) is 7.80. The minimum absolute atomic E-state index is 0.0421. The summed E-state index contributed by atoms with van der Waals surface area (Å²) in [6, 6.07) is 11.9. The molecule has 0 aliphatic carbocycles. The number of hydrogen-bond donors (Lipinski definition) is 2. The molecular weight excluding hydrogens is 510 g/mol. The fraction of sp³-hybridized carbons (Fsp3) is 0.318. The molecular formula is C22H26ClN7O3S2. The van der Waals surface area contributed by atoms with Crippen molar-refractivity contribution in [3.8, 4) is 11.4 Å². The van der Waals surface area contributed by atoms with Gasteiger partial charge in [-0.15, -0.1) is 10.2 Å². The number of imidazole rings is 1. The number of benzene rings is 2. The monoisotopic (exact) mass is 535 g/mol. The van der Waals surface area contributed by atoms with Crippen molar-refractivity contribution in [1.29, 1.82) is 0 Å². The summed E-state index contributed by atoms with van der Waals surface area (Å²) in [4.78, 5) is 4.83. The average Bonchev–Trinajstić information content (AvgIpc) is 3.38. The lowest BCUT2D eigenvalue weighted by Gasteiger charge is -2.18. The Morgan fingerprint density at radius 3 is 2.63 bits per heavy atom. The molecule has 0 radical (unpaired) electrons. The fourth-order valence-corrected chi connectivity index (χ4v) is 6.29. The lowest BCUT2D eigenvalue weighted by Crippen LogP contribution is -2.30. The van der Waals surface area contributed by atoms with Crippen molar-refractivity contribution in [3.05, 3.63) is 53.3 Å². The van der Waals surface area contributed by atoms with E-state index in [9.17, 15) is 13.5 Å². The number of hydrogen-bond acceptors (Lipinski definition) is 8. The number of sulfonamides is 1. The van der Waals surface area contributed by atoms with E-state index < -0.39 is 10.0 Å². The van der Waals surface area contributed by atoms with Crippen LogP contribution in [0.4, 0.5) is 0 Å². The predicted molar refractivity (Wildman–Crippen MR) is 137 cm³/mol. The molecule has 2 aromatic heterocycles. The Morgan fingerprint density at radius 2 is 1.91 bits per heavy atom. The number of nitrogens with two attached hydrogens (primary N) is 1. The molecule has 0 fully saturated rings. The zero-order chi connectivity index (χ0) is 25.2. The number of nitrogens with zero attached hydrogens (tertiary/aromatic N) is 6. The number of aliphatic hydroxyl groups excluding tert-OH is 1. The zero-order valence-electron chi connectivity index (χ0n) is 19.3. The maximum Gasteiger partial charge on any atom is 0.243 e. The third kappa shape index (κ3) is 5.02. The van der Waals surface area contributed by atoms with Crippen LogP contribution in [0.25, 0.3) is 22.4 Å². The van der Waals surface area contributed by atoms with Gasteiger partial charge >= 0.3 is 0 Å². The van der Waals surface area contributed by atoms with Crippen LogP contribution in [-0.2, 0) is 22.3 Å². The second-order valence-electron chi connectivity index (χ2n) is 7.62. The highest BCUT2D eigenvalue weighted by Crippen LogP contribution is 2.28. The molecule has 2 aromatic carbocycles. The number of fused-ring (bicyclic) bond motifs is 1. The molecule has 186 valence electrons. The molecule has 0 saturated heterocycles. The molecule has 0 saturated carbocycles. The Kier molecular flexibility index (Phi) is 7.67. The summed E-state index contributed by atoms with van der Waals surface area (Å²) in [5.41, 5.74) is 2.16. The van der Waals surface area contributed by atoms with Crippen molar-refractivity contribution in [3.63, 3.8) is 0 Å². The van der Waals surface area contributed by atoms with Crippen LogP contribution in [0.5, 0.6) is 0 Å². The fourth-order valence-electron chi connectivity index (χ4n) is 3.82. The molecule has 0 unspecified atom stereocenters. The number of thioether (sulfide) groups is 1. The van der Waals surface area contributed by atoms with Gasteiger partial charge in [-0.1, -0.05) is 49.3 Å². The molecule has 0 aliphatic rings. The smallest absolute Gasteiger partial charge is 0.243 e. The number of nitrogen functional groups attached to an aromatic ring is 1. The van der Waals surface area contributed by atoms with Crippen molar-refractivity contribution >= 4 is 44.4 Å². The summed E-state index contributed by atoms with van der Waals surface area (Å²) in [6.45, 7) is 4.69. The molecule has 13 heteroatoms. The standard InChI is InChI=1S/C22H26ClN7O3S2/c1-3-28(4-2)35(32,33)17-7-5-6-15(12-17)21-26-27-22(30(21)24)34-14-20-25-18-9-8-16(23)13-19(18)29(20)10-11-31/h5-9,12-13,31H,3-4,10-11,14,24H2,1-2H3. The van der Waals surface area contributed by atoms with Gasteiger partial charge < -0.3 is 15.5 Å². The summed E-state index contributed by atoms with van der Waals surface area (Å²) in [7, 11) is -3.62. The topological polar surface area (TPSA) is 132 Å². The Bertz CT molecular complexity index is 1450. The maximum atomic E-state index is 12.9. The van der Waals surface area contributed by atoms with Gasteiger partial charge in [0, 0.05) is 30.2 Å². The molecule has 0 aliphatic heterocycles. The van der Waals surface area contributed by atoms with Gasteiger partial charge in [-0.05, 0) is 30.3 Å². The molecule has 0 bridgehead atoms. The molecule has 2 heterocycles. The molecule has 4 aromatic rings. The minimum Gasteiger partial charge on any atom is -0.395 e. The van der Waals surface area contributed by atoms with Gasteiger partial charge in [0.05, 0.1) is 28.3 Å². The van der Waals surface area contributed by atoms with Crippen LogP contribution in [0.2, 0.25) is 5.02 Å². The first-order valence-electron chi connectivity index (χ1n) is 11.0. The Labute approximate surface area is 212 Å². The van der Waals surface area contributed by atoms with E-state index >= 15 is 0 Å². The summed E-state index contributed by atoms with van der Waals surface area (Å²) in [5, 5.41) is 18.9. The molecule has 0 atom stereocenters. The largest absolute Gasteiger partial charge is 0.395 e. The van der Waals surface area contributed by atoms with Crippen LogP contribution >= 0.6 is 23.4 Å². The lowest BCUT2D eigenvalue weighted by atomic mass is 10.2. The van der Waals surface area contributed by atoms with Crippen molar-refractivity contribution in [2.45, 2.75) is 36.2 Å². The Balaban J connectivity index is 1.60. The van der Waals surface area contributed by atoms with E-state index in [1.165, 1.54) is 20.7 Å². The summed E-state index contributed by atoms with van der Waals surface area (Å²) >= 11 is 7.48. The molecule has 4 rings (SSSR count). The van der Waals surface area contributed by atoms with E-state index in [1.54, 1.807) is 44.2 Å². The van der Waals surface area contributed by atoms with Crippen LogP contribution in [0, 0.1) is 0 Å². The van der Waals surface area contributed by atoms with E-state index in [1.807, 2.05) is 16.7 Å². The van der Waals surface area contributed by atoms with Crippen molar-refractivity contribution in [1.82, 2.24) is 28.7 Å². The molecule has 0 amide bonds. The van der Waals surface area contributed by atoms with Crippen LogP contribution in [0.15, 0.2) is 52.5 Å². The average molecular weight is 536 g/mol. The quantitative estimate of drug-likeness (QED) is 0.234. The first kappa shape index (κ1) is 25.5. The van der Waals surface area contributed by atoms with Crippen molar-refractivity contribution in [2.24, 2.45) is 0 Å². The minimum atomic E-state index is -3.62. The SMILES string of the molecule is CCN(CC)S(=O)(=O)c1cccc(-c2nnc(SCc3nc4ccc(Cl)cc4n3CCO)n2N)c1. The summed E-state index contributed by atoms with van der Waals surface area (Å²) in [6.07, 6.45) is 0. The van der Waals surface area contributed by atoms with Crippen LogP contribution in [0.3, 0.4) is 0 Å². The van der Waals surface area contributed by atoms with Gasteiger partial charge in [0.2, 0.25) is 15.2 Å². The van der Waals surface area contributed by atoms with Gasteiger partial charge in [0.25, 0.3) is 0 Å². The molecule has 35 heavy (non-hydrogen) atoms.